The van der Waals surface area contributed by atoms with Crippen molar-refractivity contribution in [2.45, 2.75) is 24.9 Å². The average molecular weight is 263 g/mol. The smallest absolute Gasteiger partial charge is 0.220 e. The van der Waals surface area contributed by atoms with Crippen LogP contribution < -0.4 is 0 Å². The summed E-state index contributed by atoms with van der Waals surface area (Å²) in [6, 6.07) is 2.28. The zero-order valence-electron chi connectivity index (χ0n) is 11.1. The molecule has 0 bridgehead atoms. The van der Waals surface area contributed by atoms with Crippen molar-refractivity contribution >= 4 is 5.78 Å². The third-order valence-corrected chi connectivity index (χ3v) is 3.98. The maximum atomic E-state index is 11.9. The summed E-state index contributed by atoms with van der Waals surface area (Å²) >= 11 is 0. The zero-order valence-corrected chi connectivity index (χ0v) is 11.1. The molecule has 0 heterocycles. The Morgan fingerprint density at radius 3 is 2.79 bits per heavy atom. The molecule has 19 heavy (non-hydrogen) atoms. The van der Waals surface area contributed by atoms with Crippen molar-refractivity contribution in [3.05, 3.63) is 23.5 Å². The SMILES string of the molecule is COC1=CC2(OC)CC(C#N)(CCCO)C2=CC1=O. The van der Waals surface area contributed by atoms with Gasteiger partial charge in [0.05, 0.1) is 18.6 Å². The standard InChI is InChI=1S/C14H17NO4/c1-18-11-7-14(19-2)8-13(9-15,4-3-5-16)12(14)6-10(11)17/h6-7,16H,3-5,8H2,1-2H3. The fraction of sp³-hybridized carbons (Fsp3) is 0.571. The molecular formula is C14H17NO4. The van der Waals surface area contributed by atoms with Gasteiger partial charge in [-0.15, -0.1) is 0 Å². The molecule has 0 aromatic carbocycles. The summed E-state index contributed by atoms with van der Waals surface area (Å²) in [6.07, 6.45) is 4.64. The summed E-state index contributed by atoms with van der Waals surface area (Å²) in [6.45, 7) is 0.0315. The first-order chi connectivity index (χ1) is 9.07. The van der Waals surface area contributed by atoms with E-state index in [0.29, 0.717) is 24.8 Å². The van der Waals surface area contributed by atoms with Gasteiger partial charge < -0.3 is 14.6 Å². The molecule has 1 fully saturated rings. The Labute approximate surface area is 112 Å². The van der Waals surface area contributed by atoms with Crippen molar-refractivity contribution in [1.29, 1.82) is 5.26 Å². The highest BCUT2D eigenvalue weighted by Gasteiger charge is 2.61. The minimum atomic E-state index is -0.704. The molecule has 0 aromatic rings. The molecule has 0 radical (unpaired) electrons. The number of rotatable bonds is 5. The number of allylic oxidation sites excluding steroid dienone is 1. The molecule has 0 aliphatic heterocycles. The van der Waals surface area contributed by atoms with Gasteiger partial charge in [-0.2, -0.15) is 5.26 Å². The second-order valence-electron chi connectivity index (χ2n) is 4.93. The number of nitrogens with zero attached hydrogens (tertiary/aromatic N) is 1. The molecule has 0 aromatic heterocycles. The van der Waals surface area contributed by atoms with Crippen molar-refractivity contribution in [1.82, 2.24) is 0 Å². The first kappa shape index (κ1) is 13.8. The fourth-order valence-electron chi connectivity index (χ4n) is 2.97. The minimum absolute atomic E-state index is 0.0315. The van der Waals surface area contributed by atoms with Gasteiger partial charge >= 0.3 is 0 Å². The lowest BCUT2D eigenvalue weighted by Crippen LogP contribution is -2.56. The highest BCUT2D eigenvalue weighted by atomic mass is 16.5. The van der Waals surface area contributed by atoms with Gasteiger partial charge in [0.25, 0.3) is 0 Å². The van der Waals surface area contributed by atoms with E-state index in [1.807, 2.05) is 0 Å². The van der Waals surface area contributed by atoms with Gasteiger partial charge in [0.2, 0.25) is 5.78 Å². The maximum Gasteiger partial charge on any atom is 0.220 e. The van der Waals surface area contributed by atoms with Gasteiger partial charge in [0, 0.05) is 20.1 Å². The first-order valence-electron chi connectivity index (χ1n) is 6.18. The van der Waals surface area contributed by atoms with Gasteiger partial charge in [-0.05, 0) is 30.6 Å². The van der Waals surface area contributed by atoms with Crippen LogP contribution in [-0.4, -0.2) is 37.3 Å². The van der Waals surface area contributed by atoms with E-state index in [-0.39, 0.29) is 18.1 Å². The lowest BCUT2D eigenvalue weighted by molar-refractivity contribution is -0.116. The molecule has 2 aliphatic carbocycles. The van der Waals surface area contributed by atoms with E-state index in [9.17, 15) is 10.1 Å². The normalized spacial score (nSPS) is 32.6. The number of carbonyl (C=O) groups is 1. The number of methoxy groups -OCH3 is 2. The summed E-state index contributed by atoms with van der Waals surface area (Å²) < 4.78 is 10.5. The maximum absolute atomic E-state index is 11.9. The average Bonchev–Trinajstić information content (AvgIpc) is 2.43. The van der Waals surface area contributed by atoms with Crippen molar-refractivity contribution in [2.75, 3.05) is 20.8 Å². The number of fused-ring (bicyclic) bond motifs is 1. The second kappa shape index (κ2) is 4.80. The number of ketones is 1. The molecule has 2 aliphatic rings. The Morgan fingerprint density at radius 2 is 2.26 bits per heavy atom. The van der Waals surface area contributed by atoms with E-state index in [1.54, 1.807) is 13.2 Å². The van der Waals surface area contributed by atoms with Crippen molar-refractivity contribution in [3.8, 4) is 6.07 Å². The van der Waals surface area contributed by atoms with Gasteiger partial charge in [-0.25, -0.2) is 0 Å². The van der Waals surface area contributed by atoms with Crippen molar-refractivity contribution in [3.63, 3.8) is 0 Å². The van der Waals surface area contributed by atoms with Crippen LogP contribution in [0.15, 0.2) is 23.5 Å². The summed E-state index contributed by atoms with van der Waals surface area (Å²) in [5.74, 6) is 0.00722. The molecule has 0 saturated heterocycles. The third kappa shape index (κ3) is 1.88. The third-order valence-electron chi connectivity index (χ3n) is 3.98. The predicted molar refractivity (Wildman–Crippen MR) is 66.9 cm³/mol. The molecule has 102 valence electrons. The van der Waals surface area contributed by atoms with E-state index < -0.39 is 11.0 Å². The minimum Gasteiger partial charge on any atom is -0.493 e. The lowest BCUT2D eigenvalue weighted by Gasteiger charge is -2.54. The summed E-state index contributed by atoms with van der Waals surface area (Å²) in [7, 11) is 2.99. The number of ether oxygens (including phenoxy) is 2. The number of aliphatic hydroxyl groups is 1. The zero-order chi connectivity index (χ0) is 14.1. The Kier molecular flexibility index (Phi) is 3.48. The van der Waals surface area contributed by atoms with Crippen LogP contribution in [0.1, 0.15) is 19.3 Å². The fourth-order valence-corrected chi connectivity index (χ4v) is 2.97. The van der Waals surface area contributed by atoms with E-state index in [4.69, 9.17) is 14.6 Å². The summed E-state index contributed by atoms with van der Waals surface area (Å²) in [4.78, 5) is 11.9. The molecule has 5 heteroatoms. The number of carbonyl (C=O) groups excluding carboxylic acids is 1. The van der Waals surface area contributed by atoms with Crippen LogP contribution in [0.5, 0.6) is 0 Å². The molecule has 1 saturated carbocycles. The molecule has 0 spiro atoms. The molecular weight excluding hydrogens is 246 g/mol. The quantitative estimate of drug-likeness (QED) is 0.803. The van der Waals surface area contributed by atoms with E-state index >= 15 is 0 Å². The van der Waals surface area contributed by atoms with E-state index in [0.717, 1.165) is 0 Å². The Bertz CT molecular complexity index is 502. The topological polar surface area (TPSA) is 79.6 Å². The Balaban J connectivity index is 2.36. The predicted octanol–water partition coefficient (Wildman–Crippen LogP) is 1.10. The number of hydrogen-bond donors (Lipinski definition) is 1. The summed E-state index contributed by atoms with van der Waals surface area (Å²) in [5, 5.41) is 18.4. The summed E-state index contributed by atoms with van der Waals surface area (Å²) in [5.41, 5.74) is -0.724. The van der Waals surface area contributed by atoms with Crippen molar-refractivity contribution in [2.24, 2.45) is 5.41 Å². The van der Waals surface area contributed by atoms with Gasteiger partial charge in [0.1, 0.15) is 5.60 Å². The molecule has 1 N–H and O–H groups in total. The van der Waals surface area contributed by atoms with Crippen LogP contribution in [0.2, 0.25) is 0 Å². The van der Waals surface area contributed by atoms with Gasteiger partial charge in [0.15, 0.2) is 5.76 Å². The van der Waals surface area contributed by atoms with Crippen LogP contribution in [0, 0.1) is 16.7 Å². The van der Waals surface area contributed by atoms with Crippen LogP contribution in [0.4, 0.5) is 0 Å². The van der Waals surface area contributed by atoms with Crippen molar-refractivity contribution < 1.29 is 19.4 Å². The Hall–Kier alpha value is -1.64. The largest absolute Gasteiger partial charge is 0.493 e. The monoisotopic (exact) mass is 263 g/mol. The van der Waals surface area contributed by atoms with Crippen LogP contribution in [0.25, 0.3) is 0 Å². The number of nitriles is 1. The number of hydrogen-bond acceptors (Lipinski definition) is 5. The van der Waals surface area contributed by atoms with Gasteiger partial charge in [-0.1, -0.05) is 0 Å². The lowest BCUT2D eigenvalue weighted by atomic mass is 9.52. The first-order valence-corrected chi connectivity index (χ1v) is 6.18. The van der Waals surface area contributed by atoms with Gasteiger partial charge in [-0.3, -0.25) is 4.79 Å². The molecule has 2 unspecified atom stereocenters. The molecule has 2 rings (SSSR count). The van der Waals surface area contributed by atoms with Crippen LogP contribution >= 0.6 is 0 Å². The molecule has 0 amide bonds. The molecule has 2 atom stereocenters. The van der Waals surface area contributed by atoms with E-state index in [2.05, 4.69) is 6.07 Å². The molecule has 5 nitrogen and oxygen atoms in total. The highest BCUT2D eigenvalue weighted by Crippen LogP contribution is 2.59. The van der Waals surface area contributed by atoms with Crippen LogP contribution in [0.3, 0.4) is 0 Å². The van der Waals surface area contributed by atoms with Crippen LogP contribution in [-0.2, 0) is 14.3 Å². The Morgan fingerprint density at radius 1 is 1.53 bits per heavy atom. The highest BCUT2D eigenvalue weighted by molar-refractivity contribution is 6.05. The number of aliphatic hydroxyl groups excluding tert-OH is 1. The van der Waals surface area contributed by atoms with E-state index in [1.165, 1.54) is 13.2 Å². The second-order valence-corrected chi connectivity index (χ2v) is 4.93.